The van der Waals surface area contributed by atoms with Crippen LogP contribution in [0.25, 0.3) is 0 Å². The Labute approximate surface area is 140 Å². The third kappa shape index (κ3) is 4.05. The van der Waals surface area contributed by atoms with Crippen molar-refractivity contribution in [3.8, 4) is 0 Å². The van der Waals surface area contributed by atoms with Crippen LogP contribution >= 0.6 is 11.3 Å². The molecule has 0 atom stereocenters. The maximum atomic E-state index is 12.1. The molecule has 1 aromatic heterocycles. The van der Waals surface area contributed by atoms with Gasteiger partial charge in [0.15, 0.2) is 0 Å². The molecule has 1 amide bonds. The molecular formula is C19H18N2OS. The Morgan fingerprint density at radius 3 is 2.39 bits per heavy atom. The van der Waals surface area contributed by atoms with Crippen LogP contribution in [0.3, 0.4) is 0 Å². The van der Waals surface area contributed by atoms with Crippen molar-refractivity contribution < 1.29 is 4.79 Å². The highest BCUT2D eigenvalue weighted by Crippen LogP contribution is 2.21. The van der Waals surface area contributed by atoms with Gasteiger partial charge in [0.25, 0.3) is 5.91 Å². The highest BCUT2D eigenvalue weighted by Gasteiger charge is 2.10. The summed E-state index contributed by atoms with van der Waals surface area (Å²) in [6.07, 6.45) is 0.886. The zero-order valence-electron chi connectivity index (χ0n) is 13.0. The summed E-state index contributed by atoms with van der Waals surface area (Å²) in [7, 11) is 0. The van der Waals surface area contributed by atoms with Gasteiger partial charge in [-0.1, -0.05) is 48.5 Å². The molecule has 3 nitrogen and oxygen atoms in total. The van der Waals surface area contributed by atoms with Gasteiger partial charge < -0.3 is 5.32 Å². The van der Waals surface area contributed by atoms with Crippen LogP contribution in [0.15, 0.2) is 60.7 Å². The number of hydrogen-bond acceptors (Lipinski definition) is 3. The first-order valence-corrected chi connectivity index (χ1v) is 8.36. The maximum Gasteiger partial charge on any atom is 0.251 e. The highest BCUT2D eigenvalue weighted by molar-refractivity contribution is 7.11. The lowest BCUT2D eigenvalue weighted by Gasteiger charge is -2.02. The first kappa shape index (κ1) is 15.4. The number of amides is 1. The first-order chi connectivity index (χ1) is 11.2. The smallest absolute Gasteiger partial charge is 0.251 e. The number of aromatic nitrogens is 1. The summed E-state index contributed by atoms with van der Waals surface area (Å²) in [4.78, 5) is 17.9. The number of aryl methyl sites for hydroxylation is 1. The van der Waals surface area contributed by atoms with Crippen LogP contribution < -0.4 is 5.32 Å². The second-order valence-electron chi connectivity index (χ2n) is 5.33. The molecule has 116 valence electrons. The fourth-order valence-corrected chi connectivity index (χ4v) is 3.40. The predicted molar refractivity (Wildman–Crippen MR) is 93.7 cm³/mol. The lowest BCUT2D eigenvalue weighted by Crippen LogP contribution is -2.22. The molecule has 0 aliphatic carbocycles. The average Bonchev–Trinajstić information content (AvgIpc) is 2.94. The van der Waals surface area contributed by atoms with Crippen LogP contribution in [0.1, 0.15) is 31.5 Å². The molecule has 4 heteroatoms. The van der Waals surface area contributed by atoms with Crippen molar-refractivity contribution in [3.63, 3.8) is 0 Å². The summed E-state index contributed by atoms with van der Waals surface area (Å²) in [6, 6.07) is 19.6. The van der Waals surface area contributed by atoms with Crippen LogP contribution in [-0.2, 0) is 13.0 Å². The fraction of sp³-hybridized carbons (Fsp3) is 0.158. The minimum Gasteiger partial charge on any atom is -0.346 e. The maximum absolute atomic E-state index is 12.1. The molecule has 3 rings (SSSR count). The SMILES string of the molecule is Cc1nc(CNC(=O)c2ccccc2)sc1Cc1ccccc1. The summed E-state index contributed by atoms with van der Waals surface area (Å²) in [5.41, 5.74) is 2.99. The molecule has 1 heterocycles. The van der Waals surface area contributed by atoms with Gasteiger partial charge >= 0.3 is 0 Å². The van der Waals surface area contributed by atoms with E-state index in [2.05, 4.69) is 22.4 Å². The number of nitrogens with zero attached hydrogens (tertiary/aromatic N) is 1. The minimum atomic E-state index is -0.0666. The lowest BCUT2D eigenvalue weighted by atomic mass is 10.1. The zero-order chi connectivity index (χ0) is 16.1. The van der Waals surface area contributed by atoms with Crippen LogP contribution in [-0.4, -0.2) is 10.9 Å². The quantitative estimate of drug-likeness (QED) is 0.772. The van der Waals surface area contributed by atoms with Crippen molar-refractivity contribution in [1.29, 1.82) is 0 Å². The van der Waals surface area contributed by atoms with Crippen molar-refractivity contribution in [2.75, 3.05) is 0 Å². The molecule has 2 aromatic carbocycles. The molecular weight excluding hydrogens is 304 g/mol. The predicted octanol–water partition coefficient (Wildman–Crippen LogP) is 3.97. The number of rotatable bonds is 5. The average molecular weight is 322 g/mol. The van der Waals surface area contributed by atoms with Gasteiger partial charge in [0, 0.05) is 16.9 Å². The van der Waals surface area contributed by atoms with E-state index < -0.39 is 0 Å². The standard InChI is InChI=1S/C19H18N2OS/c1-14-17(12-15-8-4-2-5-9-15)23-18(21-14)13-20-19(22)16-10-6-3-7-11-16/h2-11H,12-13H2,1H3,(H,20,22). The van der Waals surface area contributed by atoms with Gasteiger partial charge in [-0.05, 0) is 24.6 Å². The number of carbonyl (C=O) groups is 1. The molecule has 0 saturated carbocycles. The van der Waals surface area contributed by atoms with Crippen molar-refractivity contribution in [2.45, 2.75) is 19.9 Å². The van der Waals surface area contributed by atoms with Gasteiger partial charge in [-0.25, -0.2) is 4.98 Å². The number of nitrogens with one attached hydrogen (secondary N) is 1. The Morgan fingerprint density at radius 1 is 1.04 bits per heavy atom. The van der Waals surface area contributed by atoms with Crippen LogP contribution in [0.2, 0.25) is 0 Å². The van der Waals surface area contributed by atoms with Crippen LogP contribution in [0.5, 0.6) is 0 Å². The fourth-order valence-electron chi connectivity index (χ4n) is 2.36. The number of hydrogen-bond donors (Lipinski definition) is 1. The molecule has 0 aliphatic rings. The second kappa shape index (κ2) is 7.20. The van der Waals surface area contributed by atoms with Gasteiger partial charge in [-0.15, -0.1) is 11.3 Å². The van der Waals surface area contributed by atoms with Crippen LogP contribution in [0, 0.1) is 6.92 Å². The summed E-state index contributed by atoms with van der Waals surface area (Å²) >= 11 is 1.67. The van der Waals surface area contributed by atoms with Gasteiger partial charge in [0.05, 0.1) is 12.2 Å². The van der Waals surface area contributed by atoms with E-state index in [1.54, 1.807) is 11.3 Å². The van der Waals surface area contributed by atoms with Gasteiger partial charge in [-0.2, -0.15) is 0 Å². The summed E-state index contributed by atoms with van der Waals surface area (Å²) in [5.74, 6) is -0.0666. The summed E-state index contributed by atoms with van der Waals surface area (Å²) in [6.45, 7) is 2.49. The van der Waals surface area contributed by atoms with E-state index in [0.29, 0.717) is 12.1 Å². The molecule has 0 saturated heterocycles. The van der Waals surface area contributed by atoms with Crippen molar-refractivity contribution in [2.24, 2.45) is 0 Å². The third-order valence-electron chi connectivity index (χ3n) is 3.58. The second-order valence-corrected chi connectivity index (χ2v) is 6.50. The van der Waals surface area contributed by atoms with Crippen molar-refractivity contribution >= 4 is 17.2 Å². The van der Waals surface area contributed by atoms with Crippen molar-refractivity contribution in [1.82, 2.24) is 10.3 Å². The van der Waals surface area contributed by atoms with Gasteiger partial charge in [0.2, 0.25) is 0 Å². The Balaban J connectivity index is 1.63. The van der Waals surface area contributed by atoms with E-state index in [0.717, 1.165) is 17.1 Å². The number of benzene rings is 2. The molecule has 0 unspecified atom stereocenters. The van der Waals surface area contributed by atoms with E-state index >= 15 is 0 Å². The Morgan fingerprint density at radius 2 is 1.70 bits per heavy atom. The topological polar surface area (TPSA) is 42.0 Å². The Bertz CT molecular complexity index is 782. The molecule has 0 bridgehead atoms. The molecule has 0 radical (unpaired) electrons. The number of thiazole rings is 1. The van der Waals surface area contributed by atoms with E-state index in [4.69, 9.17) is 0 Å². The first-order valence-electron chi connectivity index (χ1n) is 7.55. The molecule has 0 fully saturated rings. The molecule has 0 aliphatic heterocycles. The lowest BCUT2D eigenvalue weighted by molar-refractivity contribution is 0.0951. The Hall–Kier alpha value is -2.46. The molecule has 0 spiro atoms. The van der Waals surface area contributed by atoms with E-state index in [1.807, 2.05) is 55.5 Å². The monoisotopic (exact) mass is 322 g/mol. The van der Waals surface area contributed by atoms with E-state index in [9.17, 15) is 4.79 Å². The van der Waals surface area contributed by atoms with Crippen molar-refractivity contribution in [3.05, 3.63) is 87.4 Å². The summed E-state index contributed by atoms with van der Waals surface area (Å²) < 4.78 is 0. The largest absolute Gasteiger partial charge is 0.346 e. The third-order valence-corrected chi connectivity index (χ3v) is 4.74. The minimum absolute atomic E-state index is 0.0666. The highest BCUT2D eigenvalue weighted by atomic mass is 32.1. The molecule has 1 N–H and O–H groups in total. The normalized spacial score (nSPS) is 10.5. The number of carbonyl (C=O) groups excluding carboxylic acids is 1. The molecule has 3 aromatic rings. The summed E-state index contributed by atoms with van der Waals surface area (Å²) in [5, 5.41) is 3.87. The van der Waals surface area contributed by atoms with Crippen LogP contribution in [0.4, 0.5) is 0 Å². The zero-order valence-corrected chi connectivity index (χ0v) is 13.8. The van der Waals surface area contributed by atoms with Gasteiger partial charge in [-0.3, -0.25) is 4.79 Å². The van der Waals surface area contributed by atoms with E-state index in [1.165, 1.54) is 10.4 Å². The van der Waals surface area contributed by atoms with E-state index in [-0.39, 0.29) is 5.91 Å². The Kier molecular flexibility index (Phi) is 4.83. The van der Waals surface area contributed by atoms with Gasteiger partial charge in [0.1, 0.15) is 5.01 Å². The molecule has 23 heavy (non-hydrogen) atoms.